The lowest BCUT2D eigenvalue weighted by molar-refractivity contribution is 0.0871. The third-order valence-electron chi connectivity index (χ3n) is 5.02. The van der Waals surface area contributed by atoms with Gasteiger partial charge < -0.3 is 14.2 Å². The molecule has 2 aromatic carbocycles. The van der Waals surface area contributed by atoms with Crippen molar-refractivity contribution in [2.24, 2.45) is 0 Å². The molecule has 0 saturated heterocycles. The van der Waals surface area contributed by atoms with Gasteiger partial charge in [0.1, 0.15) is 11.9 Å². The summed E-state index contributed by atoms with van der Waals surface area (Å²) in [6.45, 7) is 3.04. The largest absolute Gasteiger partial charge is 0.493 e. The number of hydrogen-bond donors (Lipinski definition) is 0. The van der Waals surface area contributed by atoms with Crippen molar-refractivity contribution in [2.75, 3.05) is 27.8 Å². The Morgan fingerprint density at radius 1 is 1.03 bits per heavy atom. The maximum atomic E-state index is 6.32. The number of fused-ring (bicyclic) bond motifs is 1. The molecule has 2 aromatic rings. The molecule has 9 heteroatoms. The van der Waals surface area contributed by atoms with Crippen LogP contribution in [0.2, 0.25) is 0 Å². The van der Waals surface area contributed by atoms with Crippen molar-refractivity contribution in [1.29, 1.82) is 0 Å². The van der Waals surface area contributed by atoms with E-state index >= 15 is 0 Å². The molecule has 1 aliphatic rings. The average Bonchev–Trinajstić information content (AvgIpc) is 2.72. The number of halogens is 3. The van der Waals surface area contributed by atoms with E-state index in [0.717, 1.165) is 62.0 Å². The first-order valence-electron chi connectivity index (χ1n) is 8.85. The van der Waals surface area contributed by atoms with Crippen LogP contribution in [0.3, 0.4) is 0 Å². The van der Waals surface area contributed by atoms with E-state index in [1.54, 1.807) is 14.2 Å². The summed E-state index contributed by atoms with van der Waals surface area (Å²) in [5.74, 6) is 2.26. The van der Waals surface area contributed by atoms with Crippen LogP contribution in [0.4, 0.5) is 0 Å². The Labute approximate surface area is 196 Å². The highest BCUT2D eigenvalue weighted by Crippen LogP contribution is 2.41. The molecule has 0 amide bonds. The quantitative estimate of drug-likeness (QED) is 0.428. The third kappa shape index (κ3) is 5.35. The smallest absolute Gasteiger partial charge is 0.161 e. The summed E-state index contributed by atoms with van der Waals surface area (Å²) in [7, 11) is 19.6. The second kappa shape index (κ2) is 11.1. The van der Waals surface area contributed by atoms with Gasteiger partial charge in [-0.2, -0.15) is 0 Å². The van der Waals surface area contributed by atoms with Crippen molar-refractivity contribution in [3.05, 3.63) is 41.5 Å². The fourth-order valence-electron chi connectivity index (χ4n) is 3.68. The first-order chi connectivity index (χ1) is 13.5. The lowest BCUT2D eigenvalue weighted by Crippen LogP contribution is -2.40. The zero-order chi connectivity index (χ0) is 20.3. The molecule has 4 nitrogen and oxygen atoms in total. The molecule has 0 bridgehead atoms. The lowest BCUT2D eigenvalue weighted by atomic mass is 9.89. The van der Waals surface area contributed by atoms with Crippen LogP contribution in [0.5, 0.6) is 17.2 Å². The number of ether oxygens (including phenoxy) is 3. The topological polar surface area (TPSA) is 30.9 Å². The Morgan fingerprint density at radius 2 is 1.69 bits per heavy atom. The summed E-state index contributed by atoms with van der Waals surface area (Å²) in [6.07, 6.45) is 0.884. The van der Waals surface area contributed by atoms with Gasteiger partial charge in [0, 0.05) is 16.3 Å². The molecule has 0 radical (unpaired) electrons. The number of rotatable bonds is 7. The monoisotopic (exact) mass is 495 g/mol. The fourth-order valence-corrected chi connectivity index (χ4v) is 5.55. The summed E-state index contributed by atoms with van der Waals surface area (Å²) in [5, 5.41) is 0. The van der Waals surface area contributed by atoms with Gasteiger partial charge in [-0.3, -0.25) is 4.90 Å². The van der Waals surface area contributed by atoms with E-state index in [-0.39, 0.29) is 24.6 Å². The van der Waals surface area contributed by atoms with E-state index < -0.39 is 0 Å². The second-order valence-electron chi connectivity index (χ2n) is 6.67. The minimum atomic E-state index is -0.0789. The first-order valence-corrected chi connectivity index (χ1v) is 12.1. The molecule has 2 unspecified atom stereocenters. The van der Waals surface area contributed by atoms with Crippen LogP contribution in [0.15, 0.2) is 40.1 Å². The molecule has 160 valence electrons. The maximum Gasteiger partial charge on any atom is 0.161 e. The van der Waals surface area contributed by atoms with Gasteiger partial charge in [0.05, 0.1) is 20.3 Å². The number of benzene rings is 2. The van der Waals surface area contributed by atoms with E-state index in [4.69, 9.17) is 35.6 Å². The zero-order valence-electron chi connectivity index (χ0n) is 16.6. The van der Waals surface area contributed by atoms with Crippen molar-refractivity contribution in [1.82, 2.24) is 4.90 Å². The van der Waals surface area contributed by atoms with E-state index in [1.807, 2.05) is 18.2 Å². The van der Waals surface area contributed by atoms with Crippen molar-refractivity contribution in [3.63, 3.8) is 0 Å². The third-order valence-corrected chi connectivity index (χ3v) is 7.17. The number of likely N-dealkylation sites (N-methyl/N-ethyl adjacent to an activating group) is 1. The van der Waals surface area contributed by atoms with Crippen LogP contribution in [0.25, 0.3) is 0 Å². The predicted octanol–water partition coefficient (Wildman–Crippen LogP) is 6.61. The van der Waals surface area contributed by atoms with Crippen LogP contribution >= 0.6 is 55.7 Å². The lowest BCUT2D eigenvalue weighted by Gasteiger charge is -2.38. The molecular weight excluding hydrogens is 473 g/mol. The zero-order valence-corrected chi connectivity index (χ0v) is 20.6. The Balaban J connectivity index is 0.00000300. The highest BCUT2D eigenvalue weighted by molar-refractivity contribution is 8.23. The molecule has 0 fully saturated rings. The summed E-state index contributed by atoms with van der Waals surface area (Å²) in [4.78, 5) is 4.12. The maximum absolute atomic E-state index is 6.32. The van der Waals surface area contributed by atoms with E-state index in [0.29, 0.717) is 0 Å². The van der Waals surface area contributed by atoms with Gasteiger partial charge in [-0.1, -0.05) is 0 Å². The Bertz CT molecular complexity index is 841. The van der Waals surface area contributed by atoms with Crippen molar-refractivity contribution < 1.29 is 14.2 Å². The predicted molar refractivity (Wildman–Crippen MR) is 126 cm³/mol. The fraction of sp³-hybridized carbons (Fsp3) is 0.400. The van der Waals surface area contributed by atoms with Crippen LogP contribution in [0.1, 0.15) is 24.1 Å². The van der Waals surface area contributed by atoms with Gasteiger partial charge in [0.15, 0.2) is 11.5 Å². The molecule has 1 aliphatic heterocycles. The molecule has 29 heavy (non-hydrogen) atoms. The summed E-state index contributed by atoms with van der Waals surface area (Å²) in [6, 6.07) is 10.0. The molecule has 0 spiro atoms. The standard InChI is InChI=1S/C20H23Cl2NO3S2.ClH/c1-12(26-14-5-6-18(27-21)19(10-14)28-22)20-15-11-17(25-4)16(24-3)9-13(15)7-8-23(20)2;/h5-6,9-12,20H,7-8H2,1-4H3;1H. The molecule has 1 heterocycles. The average molecular weight is 497 g/mol. The molecule has 0 saturated carbocycles. The minimum Gasteiger partial charge on any atom is -0.493 e. The molecule has 2 atom stereocenters. The van der Waals surface area contributed by atoms with Crippen LogP contribution in [-0.2, 0) is 6.42 Å². The van der Waals surface area contributed by atoms with Gasteiger partial charge in [-0.25, -0.2) is 0 Å². The minimum absolute atomic E-state index is 0. The van der Waals surface area contributed by atoms with Gasteiger partial charge in [-0.05, 0) is 105 Å². The highest BCUT2D eigenvalue weighted by Gasteiger charge is 2.32. The van der Waals surface area contributed by atoms with Crippen LogP contribution < -0.4 is 14.2 Å². The molecular formula is C20H24Cl3NO3S2. The second-order valence-corrected chi connectivity index (χ2v) is 8.78. The normalized spacial score (nSPS) is 17.1. The van der Waals surface area contributed by atoms with Gasteiger partial charge in [0.25, 0.3) is 0 Å². The Kier molecular flexibility index (Phi) is 9.45. The number of methoxy groups -OCH3 is 2. The van der Waals surface area contributed by atoms with Gasteiger partial charge in [-0.15, -0.1) is 12.4 Å². The SMILES string of the molecule is COc1cc2c(cc1OC)C(C(C)Oc1ccc(SCl)c(SCl)c1)N(C)CC2.Cl. The highest BCUT2D eigenvalue weighted by atomic mass is 35.7. The molecule has 0 aliphatic carbocycles. The van der Waals surface area contributed by atoms with Crippen LogP contribution in [0, 0.1) is 0 Å². The Morgan fingerprint density at radius 3 is 2.31 bits per heavy atom. The number of nitrogens with zero attached hydrogens (tertiary/aromatic N) is 1. The molecule has 3 rings (SSSR count). The number of hydrogen-bond acceptors (Lipinski definition) is 6. The van der Waals surface area contributed by atoms with E-state index in [2.05, 4.69) is 31.0 Å². The van der Waals surface area contributed by atoms with Gasteiger partial charge in [0.2, 0.25) is 0 Å². The van der Waals surface area contributed by atoms with Crippen LogP contribution in [-0.4, -0.2) is 38.8 Å². The van der Waals surface area contributed by atoms with E-state index in [9.17, 15) is 0 Å². The summed E-state index contributed by atoms with van der Waals surface area (Å²) < 4.78 is 17.3. The summed E-state index contributed by atoms with van der Waals surface area (Å²) >= 11 is 0. The molecule has 0 N–H and O–H groups in total. The van der Waals surface area contributed by atoms with E-state index in [1.165, 1.54) is 11.1 Å². The Hall–Kier alpha value is -0.630. The first kappa shape index (κ1) is 24.6. The summed E-state index contributed by atoms with van der Waals surface area (Å²) in [5.41, 5.74) is 2.47. The van der Waals surface area contributed by atoms with Crippen molar-refractivity contribution in [3.8, 4) is 17.2 Å². The van der Waals surface area contributed by atoms with Gasteiger partial charge >= 0.3 is 0 Å². The molecule has 0 aromatic heterocycles. The van der Waals surface area contributed by atoms with Crippen molar-refractivity contribution in [2.45, 2.75) is 35.3 Å². The van der Waals surface area contributed by atoms with Crippen molar-refractivity contribution >= 4 is 55.7 Å².